The summed E-state index contributed by atoms with van der Waals surface area (Å²) in [5.41, 5.74) is 4.44. The Kier molecular flexibility index (Phi) is 5.14. The predicted octanol–water partition coefficient (Wildman–Crippen LogP) is 4.42. The fraction of sp³-hybridized carbons (Fsp3) is 0.538. The van der Waals surface area contributed by atoms with Gasteiger partial charge in [-0.15, -0.1) is 0 Å². The first kappa shape index (κ1) is 15.0. The number of halogens is 4. The van der Waals surface area contributed by atoms with Gasteiger partial charge < -0.3 is 5.73 Å². The summed E-state index contributed by atoms with van der Waals surface area (Å²) < 4.78 is 51.3. The number of hydrogen-bond acceptors (Lipinski definition) is 1. The minimum atomic E-state index is -4.68. The molecule has 0 heterocycles. The number of hydrogen-bond donors (Lipinski definition) is 1. The van der Waals surface area contributed by atoms with Crippen LogP contribution in [-0.2, 0) is 6.18 Å². The van der Waals surface area contributed by atoms with Gasteiger partial charge >= 0.3 is 6.18 Å². The normalized spacial score (nSPS) is 13.7. The zero-order valence-electron chi connectivity index (χ0n) is 10.2. The second-order valence-electron chi connectivity index (χ2n) is 4.31. The molecular formula is C13H17F4N. The Morgan fingerprint density at radius 3 is 2.44 bits per heavy atom. The molecule has 0 saturated heterocycles. The van der Waals surface area contributed by atoms with Crippen molar-refractivity contribution >= 4 is 0 Å². The summed E-state index contributed by atoms with van der Waals surface area (Å²) in [4.78, 5) is 0. The second kappa shape index (κ2) is 6.18. The van der Waals surface area contributed by atoms with Crippen LogP contribution in [0.4, 0.5) is 17.6 Å². The molecular weight excluding hydrogens is 246 g/mol. The van der Waals surface area contributed by atoms with Crippen LogP contribution in [0.2, 0.25) is 0 Å². The monoisotopic (exact) mass is 263 g/mol. The van der Waals surface area contributed by atoms with E-state index in [1.54, 1.807) is 0 Å². The topological polar surface area (TPSA) is 26.0 Å². The molecule has 1 aromatic carbocycles. The Balaban J connectivity index is 2.90. The van der Waals surface area contributed by atoms with Gasteiger partial charge in [0.15, 0.2) is 0 Å². The average Bonchev–Trinajstić information content (AvgIpc) is 2.28. The third-order valence-corrected chi connectivity index (χ3v) is 2.85. The van der Waals surface area contributed by atoms with Crippen molar-refractivity contribution in [3.05, 3.63) is 35.1 Å². The standard InChI is InChI=1S/C13H17F4N/c1-2-3-4-8-11(18)9-6-5-7-10(12(9)14)13(15,16)17/h5-7,11H,2-4,8,18H2,1H3/t11-/m1/s1. The van der Waals surface area contributed by atoms with Gasteiger partial charge in [0.05, 0.1) is 5.56 Å². The molecule has 2 N–H and O–H groups in total. The van der Waals surface area contributed by atoms with Crippen molar-refractivity contribution in [3.63, 3.8) is 0 Å². The van der Waals surface area contributed by atoms with Gasteiger partial charge in [0.2, 0.25) is 0 Å². The van der Waals surface area contributed by atoms with E-state index in [2.05, 4.69) is 0 Å². The van der Waals surface area contributed by atoms with Crippen LogP contribution in [0, 0.1) is 5.82 Å². The highest BCUT2D eigenvalue weighted by atomic mass is 19.4. The minimum Gasteiger partial charge on any atom is -0.324 e. The van der Waals surface area contributed by atoms with Gasteiger partial charge in [0.1, 0.15) is 5.82 Å². The summed E-state index contributed by atoms with van der Waals surface area (Å²) in [6, 6.07) is 2.57. The summed E-state index contributed by atoms with van der Waals surface area (Å²) in [5, 5.41) is 0. The first-order chi connectivity index (χ1) is 8.38. The number of alkyl halides is 3. The Bertz CT molecular complexity index is 387. The molecule has 18 heavy (non-hydrogen) atoms. The smallest absolute Gasteiger partial charge is 0.324 e. The molecule has 0 aliphatic heterocycles. The maximum atomic E-state index is 13.7. The predicted molar refractivity (Wildman–Crippen MR) is 62.5 cm³/mol. The summed E-state index contributed by atoms with van der Waals surface area (Å²) in [6.45, 7) is 2.01. The second-order valence-corrected chi connectivity index (χ2v) is 4.31. The lowest BCUT2D eigenvalue weighted by Crippen LogP contribution is -2.16. The molecule has 1 rings (SSSR count). The lowest BCUT2D eigenvalue weighted by Gasteiger charge is -2.16. The SMILES string of the molecule is CCCCC[C@@H](N)c1cccc(C(F)(F)F)c1F. The van der Waals surface area contributed by atoms with E-state index < -0.39 is 23.6 Å². The molecule has 5 heteroatoms. The molecule has 0 aliphatic rings. The maximum Gasteiger partial charge on any atom is 0.419 e. The molecule has 0 spiro atoms. The van der Waals surface area contributed by atoms with Gasteiger partial charge in [-0.2, -0.15) is 13.2 Å². The van der Waals surface area contributed by atoms with Gasteiger partial charge in [-0.25, -0.2) is 4.39 Å². The lowest BCUT2D eigenvalue weighted by molar-refractivity contribution is -0.140. The molecule has 1 aromatic rings. The Labute approximate surface area is 104 Å². The highest BCUT2D eigenvalue weighted by Gasteiger charge is 2.35. The molecule has 0 bridgehead atoms. The molecule has 102 valence electrons. The van der Waals surface area contributed by atoms with Crippen LogP contribution in [0.15, 0.2) is 18.2 Å². The van der Waals surface area contributed by atoms with Crippen LogP contribution in [0.3, 0.4) is 0 Å². The quantitative estimate of drug-likeness (QED) is 0.617. The molecule has 0 saturated carbocycles. The van der Waals surface area contributed by atoms with E-state index in [4.69, 9.17) is 5.73 Å². The van der Waals surface area contributed by atoms with Crippen LogP contribution in [0.25, 0.3) is 0 Å². The largest absolute Gasteiger partial charge is 0.419 e. The number of nitrogens with two attached hydrogens (primary N) is 1. The van der Waals surface area contributed by atoms with E-state index in [0.717, 1.165) is 25.3 Å². The van der Waals surface area contributed by atoms with Gasteiger partial charge in [0.25, 0.3) is 0 Å². The van der Waals surface area contributed by atoms with Crippen molar-refractivity contribution in [2.45, 2.75) is 44.8 Å². The molecule has 0 aromatic heterocycles. The average molecular weight is 263 g/mol. The summed E-state index contributed by atoms with van der Waals surface area (Å²) in [5.74, 6) is -1.24. The highest BCUT2D eigenvalue weighted by molar-refractivity contribution is 5.30. The van der Waals surface area contributed by atoms with Crippen LogP contribution in [0.1, 0.15) is 49.8 Å². The molecule has 0 aliphatic carbocycles. The van der Waals surface area contributed by atoms with Gasteiger partial charge in [-0.3, -0.25) is 0 Å². The van der Waals surface area contributed by atoms with Crippen molar-refractivity contribution < 1.29 is 17.6 Å². The van der Waals surface area contributed by atoms with E-state index in [0.29, 0.717) is 6.42 Å². The molecule has 0 amide bonds. The Hall–Kier alpha value is -1.10. The van der Waals surface area contributed by atoms with E-state index in [-0.39, 0.29) is 5.56 Å². The molecule has 0 radical (unpaired) electrons. The maximum absolute atomic E-state index is 13.7. The van der Waals surface area contributed by atoms with Crippen LogP contribution in [0.5, 0.6) is 0 Å². The summed E-state index contributed by atoms with van der Waals surface area (Å²) in [6.07, 6.45) is -1.48. The first-order valence-electron chi connectivity index (χ1n) is 5.99. The highest BCUT2D eigenvalue weighted by Crippen LogP contribution is 2.34. The van der Waals surface area contributed by atoms with Gasteiger partial charge in [0, 0.05) is 11.6 Å². The minimum absolute atomic E-state index is 0.0547. The van der Waals surface area contributed by atoms with Crippen molar-refractivity contribution in [2.24, 2.45) is 5.73 Å². The van der Waals surface area contributed by atoms with Crippen LogP contribution in [-0.4, -0.2) is 0 Å². The number of unbranched alkanes of at least 4 members (excludes halogenated alkanes) is 2. The molecule has 0 unspecified atom stereocenters. The fourth-order valence-electron chi connectivity index (χ4n) is 1.82. The fourth-order valence-corrected chi connectivity index (χ4v) is 1.82. The number of rotatable bonds is 5. The van der Waals surface area contributed by atoms with Crippen LogP contribution >= 0.6 is 0 Å². The van der Waals surface area contributed by atoms with Crippen molar-refractivity contribution in [3.8, 4) is 0 Å². The van der Waals surface area contributed by atoms with E-state index in [1.165, 1.54) is 12.1 Å². The number of benzene rings is 1. The molecule has 0 fully saturated rings. The zero-order valence-corrected chi connectivity index (χ0v) is 10.2. The molecule has 1 atom stereocenters. The van der Waals surface area contributed by atoms with Crippen molar-refractivity contribution in [1.29, 1.82) is 0 Å². The van der Waals surface area contributed by atoms with E-state index in [1.807, 2.05) is 6.92 Å². The lowest BCUT2D eigenvalue weighted by atomic mass is 9.98. The third-order valence-electron chi connectivity index (χ3n) is 2.85. The van der Waals surface area contributed by atoms with Gasteiger partial charge in [-0.1, -0.05) is 38.3 Å². The summed E-state index contributed by atoms with van der Waals surface area (Å²) >= 11 is 0. The third kappa shape index (κ3) is 3.70. The van der Waals surface area contributed by atoms with E-state index >= 15 is 0 Å². The van der Waals surface area contributed by atoms with Crippen LogP contribution < -0.4 is 5.73 Å². The first-order valence-corrected chi connectivity index (χ1v) is 5.99. The Morgan fingerprint density at radius 1 is 1.22 bits per heavy atom. The van der Waals surface area contributed by atoms with E-state index in [9.17, 15) is 17.6 Å². The molecule has 1 nitrogen and oxygen atoms in total. The Morgan fingerprint density at radius 2 is 1.89 bits per heavy atom. The van der Waals surface area contributed by atoms with Crippen molar-refractivity contribution in [1.82, 2.24) is 0 Å². The summed E-state index contributed by atoms with van der Waals surface area (Å²) in [7, 11) is 0. The van der Waals surface area contributed by atoms with Gasteiger partial charge in [-0.05, 0) is 12.5 Å². The zero-order chi connectivity index (χ0) is 13.8. The van der Waals surface area contributed by atoms with Crippen molar-refractivity contribution in [2.75, 3.05) is 0 Å².